The number of ether oxygens (including phenoxy) is 3. The second-order valence-electron chi connectivity index (χ2n) is 18.9. The predicted molar refractivity (Wildman–Crippen MR) is 293 cm³/mol. The van der Waals surface area contributed by atoms with Crippen LogP contribution in [-0.2, 0) is 28.6 Å². The van der Waals surface area contributed by atoms with E-state index in [1.54, 1.807) is 0 Å². The van der Waals surface area contributed by atoms with Crippen molar-refractivity contribution in [2.45, 2.75) is 277 Å². The summed E-state index contributed by atoms with van der Waals surface area (Å²) in [5, 5.41) is 0. The number of unbranched alkanes of at least 4 members (excludes halogenated alkanes) is 30. The average Bonchev–Trinajstić information content (AvgIpc) is 3.34. The SMILES string of the molecule is CC/C=C/C=C/C=C/CCCCCCCC(=O)OCC(COC(=O)CCCCCCCCC/C=C/CCCCCCCCCC)OC(=O)CCCCCCC/C=C/C=C/C=C/CCCCCCC. The van der Waals surface area contributed by atoms with Crippen molar-refractivity contribution < 1.29 is 28.6 Å². The van der Waals surface area contributed by atoms with Crippen LogP contribution in [-0.4, -0.2) is 37.2 Å². The van der Waals surface area contributed by atoms with E-state index in [1.807, 2.05) is 0 Å². The highest BCUT2D eigenvalue weighted by Gasteiger charge is 2.19. The van der Waals surface area contributed by atoms with E-state index in [2.05, 4.69) is 106 Å². The minimum atomic E-state index is -0.798. The highest BCUT2D eigenvalue weighted by atomic mass is 16.6. The quantitative estimate of drug-likeness (QED) is 0.0199. The molecule has 0 fully saturated rings. The van der Waals surface area contributed by atoms with Gasteiger partial charge in [0.2, 0.25) is 0 Å². The van der Waals surface area contributed by atoms with Gasteiger partial charge in [-0.05, 0) is 89.9 Å². The van der Waals surface area contributed by atoms with Crippen molar-refractivity contribution >= 4 is 17.9 Å². The lowest BCUT2D eigenvalue weighted by molar-refractivity contribution is -0.167. The molecule has 0 heterocycles. The Morgan fingerprint density at radius 1 is 0.309 bits per heavy atom. The molecule has 0 aromatic rings. The van der Waals surface area contributed by atoms with Gasteiger partial charge in [-0.15, -0.1) is 0 Å². The van der Waals surface area contributed by atoms with Gasteiger partial charge in [0.15, 0.2) is 6.10 Å². The first-order chi connectivity index (χ1) is 33.5. The summed E-state index contributed by atoms with van der Waals surface area (Å²) in [6.45, 7) is 6.46. The van der Waals surface area contributed by atoms with Crippen LogP contribution in [0.15, 0.2) is 85.1 Å². The minimum absolute atomic E-state index is 0.0940. The Bertz CT molecular complexity index is 1320. The molecule has 0 aliphatic rings. The molecule has 390 valence electrons. The van der Waals surface area contributed by atoms with Gasteiger partial charge in [-0.25, -0.2) is 0 Å². The molecule has 0 amide bonds. The maximum absolute atomic E-state index is 12.8. The van der Waals surface area contributed by atoms with Crippen LogP contribution in [0.3, 0.4) is 0 Å². The summed E-state index contributed by atoms with van der Waals surface area (Å²) in [6, 6.07) is 0. The van der Waals surface area contributed by atoms with Crippen LogP contribution in [0.25, 0.3) is 0 Å². The van der Waals surface area contributed by atoms with Crippen molar-refractivity contribution in [1.29, 1.82) is 0 Å². The first-order valence-electron chi connectivity index (χ1n) is 28.7. The third kappa shape index (κ3) is 53.5. The van der Waals surface area contributed by atoms with E-state index in [0.717, 1.165) is 109 Å². The number of hydrogen-bond donors (Lipinski definition) is 0. The van der Waals surface area contributed by atoms with Crippen molar-refractivity contribution in [3.8, 4) is 0 Å². The molecule has 0 saturated heterocycles. The summed E-state index contributed by atoms with van der Waals surface area (Å²) in [4.78, 5) is 38.1. The predicted octanol–water partition coefficient (Wildman–Crippen LogP) is 19.2. The molecule has 0 aromatic heterocycles. The van der Waals surface area contributed by atoms with Crippen molar-refractivity contribution in [3.05, 3.63) is 85.1 Å². The topological polar surface area (TPSA) is 78.9 Å². The Labute approximate surface area is 420 Å². The van der Waals surface area contributed by atoms with E-state index in [1.165, 1.54) is 122 Å². The van der Waals surface area contributed by atoms with Crippen molar-refractivity contribution in [3.63, 3.8) is 0 Å². The smallest absolute Gasteiger partial charge is 0.306 e. The van der Waals surface area contributed by atoms with Gasteiger partial charge in [0, 0.05) is 19.3 Å². The molecule has 0 saturated carbocycles. The van der Waals surface area contributed by atoms with Gasteiger partial charge in [0.1, 0.15) is 13.2 Å². The van der Waals surface area contributed by atoms with E-state index in [0.29, 0.717) is 19.3 Å². The summed E-state index contributed by atoms with van der Waals surface area (Å²) >= 11 is 0. The number of hydrogen-bond acceptors (Lipinski definition) is 6. The Kier molecular flexibility index (Phi) is 53.4. The van der Waals surface area contributed by atoms with Crippen LogP contribution in [0.2, 0.25) is 0 Å². The fourth-order valence-electron chi connectivity index (χ4n) is 7.91. The van der Waals surface area contributed by atoms with Gasteiger partial charge in [-0.1, -0.05) is 247 Å². The van der Waals surface area contributed by atoms with Gasteiger partial charge in [-0.3, -0.25) is 14.4 Å². The van der Waals surface area contributed by atoms with Crippen LogP contribution < -0.4 is 0 Å². The number of carbonyl (C=O) groups excluding carboxylic acids is 3. The average molecular weight is 948 g/mol. The molecule has 68 heavy (non-hydrogen) atoms. The fraction of sp³-hybridized carbons (Fsp3) is 0.726. The standard InChI is InChI=1S/C62H106O6/c1-4-7-10-13-16-19-22-25-27-29-31-33-34-37-40-43-46-49-52-55-61(64)67-58-59(57-66-60(63)54-51-48-45-42-39-36-24-21-18-15-12-9-6-3)68-62(65)56-53-50-47-44-41-38-35-32-30-28-26-23-20-17-14-11-8-5-2/h9,12,15,18,21,23-24,26,28-32,35,59H,4-8,10-11,13-14,16-17,19-20,22,25,27,33-34,36-58H2,1-3H3/b12-9+,18-15+,24-21+,26-23+,30-28+,31-29+,35-32+. The number of allylic oxidation sites excluding steroid dienone is 14. The normalized spacial score (nSPS) is 12.7. The first kappa shape index (κ1) is 64.6. The number of esters is 3. The molecule has 0 spiro atoms. The summed E-state index contributed by atoms with van der Waals surface area (Å²) in [6.07, 6.45) is 72.8. The van der Waals surface area contributed by atoms with Crippen molar-refractivity contribution in [2.24, 2.45) is 0 Å². The van der Waals surface area contributed by atoms with Crippen LogP contribution >= 0.6 is 0 Å². The summed E-state index contributed by atoms with van der Waals surface area (Å²) < 4.78 is 16.8. The third-order valence-corrected chi connectivity index (χ3v) is 12.2. The fourth-order valence-corrected chi connectivity index (χ4v) is 7.91. The van der Waals surface area contributed by atoms with E-state index in [-0.39, 0.29) is 31.1 Å². The molecule has 1 atom stereocenters. The van der Waals surface area contributed by atoms with Crippen molar-refractivity contribution in [1.82, 2.24) is 0 Å². The molecule has 6 heteroatoms. The highest BCUT2D eigenvalue weighted by molar-refractivity contribution is 5.71. The molecule has 0 aromatic carbocycles. The molecule has 0 aliphatic carbocycles. The Morgan fingerprint density at radius 3 is 0.926 bits per heavy atom. The molecule has 6 nitrogen and oxygen atoms in total. The number of carbonyl (C=O) groups is 3. The molecular formula is C62H106O6. The zero-order valence-electron chi connectivity index (χ0n) is 44.6. The molecular weight excluding hydrogens is 841 g/mol. The Hall–Kier alpha value is -3.41. The zero-order valence-corrected chi connectivity index (χ0v) is 44.6. The van der Waals surface area contributed by atoms with Gasteiger partial charge in [0.25, 0.3) is 0 Å². The second-order valence-corrected chi connectivity index (χ2v) is 18.9. The van der Waals surface area contributed by atoms with Gasteiger partial charge in [0.05, 0.1) is 0 Å². The van der Waals surface area contributed by atoms with E-state index >= 15 is 0 Å². The van der Waals surface area contributed by atoms with Gasteiger partial charge in [-0.2, -0.15) is 0 Å². The van der Waals surface area contributed by atoms with Crippen LogP contribution in [0, 0.1) is 0 Å². The van der Waals surface area contributed by atoms with E-state index < -0.39 is 6.10 Å². The monoisotopic (exact) mass is 947 g/mol. The molecule has 0 bridgehead atoms. The highest BCUT2D eigenvalue weighted by Crippen LogP contribution is 2.15. The Balaban J connectivity index is 4.43. The van der Waals surface area contributed by atoms with Crippen LogP contribution in [0.4, 0.5) is 0 Å². The van der Waals surface area contributed by atoms with Gasteiger partial charge < -0.3 is 14.2 Å². The molecule has 0 rings (SSSR count). The third-order valence-electron chi connectivity index (χ3n) is 12.2. The molecule has 0 N–H and O–H groups in total. The zero-order chi connectivity index (χ0) is 49.3. The lowest BCUT2D eigenvalue weighted by atomic mass is 10.1. The first-order valence-corrected chi connectivity index (χ1v) is 28.7. The lowest BCUT2D eigenvalue weighted by Crippen LogP contribution is -2.30. The molecule has 1 unspecified atom stereocenters. The van der Waals surface area contributed by atoms with E-state index in [9.17, 15) is 14.4 Å². The van der Waals surface area contributed by atoms with Crippen molar-refractivity contribution in [2.75, 3.05) is 13.2 Å². The summed E-state index contributed by atoms with van der Waals surface area (Å²) in [5.41, 5.74) is 0. The summed E-state index contributed by atoms with van der Waals surface area (Å²) in [7, 11) is 0. The largest absolute Gasteiger partial charge is 0.462 e. The second kappa shape index (κ2) is 56.2. The summed E-state index contributed by atoms with van der Waals surface area (Å²) in [5.74, 6) is -0.934. The minimum Gasteiger partial charge on any atom is -0.462 e. The van der Waals surface area contributed by atoms with Crippen LogP contribution in [0.5, 0.6) is 0 Å². The number of rotatable bonds is 51. The lowest BCUT2D eigenvalue weighted by Gasteiger charge is -2.18. The maximum atomic E-state index is 12.8. The van der Waals surface area contributed by atoms with E-state index in [4.69, 9.17) is 14.2 Å². The van der Waals surface area contributed by atoms with Gasteiger partial charge >= 0.3 is 17.9 Å². The molecule has 0 radical (unpaired) electrons. The Morgan fingerprint density at radius 2 is 0.588 bits per heavy atom. The maximum Gasteiger partial charge on any atom is 0.306 e. The van der Waals surface area contributed by atoms with Crippen LogP contribution in [0.1, 0.15) is 271 Å². The molecule has 0 aliphatic heterocycles.